The maximum Gasteiger partial charge on any atom is 0.162 e. The van der Waals surface area contributed by atoms with Gasteiger partial charge in [0, 0.05) is 9.64 Å². The Morgan fingerprint density at radius 1 is 1.39 bits per heavy atom. The molecular weight excluding hydrogens is 248 g/mol. The predicted molar refractivity (Wildman–Crippen MR) is 73.7 cm³/mol. The van der Waals surface area contributed by atoms with Gasteiger partial charge in [0.2, 0.25) is 0 Å². The van der Waals surface area contributed by atoms with Crippen LogP contribution in [-0.2, 0) is 0 Å². The molecule has 1 aromatic carbocycles. The quantitative estimate of drug-likeness (QED) is 0.912. The summed E-state index contributed by atoms with van der Waals surface area (Å²) in [7, 11) is 1.62. The zero-order valence-electron chi connectivity index (χ0n) is 11.3. The summed E-state index contributed by atoms with van der Waals surface area (Å²) in [6, 6.07) is 3.87. The summed E-state index contributed by atoms with van der Waals surface area (Å²) >= 11 is 1.78. The van der Waals surface area contributed by atoms with Crippen molar-refractivity contribution in [2.75, 3.05) is 13.7 Å². The lowest BCUT2D eigenvalue weighted by Gasteiger charge is -2.34. The van der Waals surface area contributed by atoms with Crippen molar-refractivity contribution < 1.29 is 14.6 Å². The Morgan fingerprint density at radius 2 is 2.11 bits per heavy atom. The molecule has 0 spiro atoms. The number of aliphatic hydroxyl groups excluding tert-OH is 1. The van der Waals surface area contributed by atoms with Gasteiger partial charge in [-0.15, -0.1) is 11.8 Å². The van der Waals surface area contributed by atoms with Crippen LogP contribution in [0, 0.1) is 0 Å². The van der Waals surface area contributed by atoms with Crippen molar-refractivity contribution in [2.24, 2.45) is 0 Å². The average Bonchev–Trinajstić information content (AvgIpc) is 2.27. The van der Waals surface area contributed by atoms with Gasteiger partial charge in [0.15, 0.2) is 11.5 Å². The monoisotopic (exact) mass is 268 g/mol. The molecule has 3 nitrogen and oxygen atoms in total. The van der Waals surface area contributed by atoms with Crippen molar-refractivity contribution in [1.29, 1.82) is 0 Å². The molecule has 2 rings (SSSR count). The van der Waals surface area contributed by atoms with Crippen molar-refractivity contribution in [2.45, 2.75) is 42.9 Å². The lowest BCUT2D eigenvalue weighted by molar-refractivity contribution is 0.150. The average molecular weight is 268 g/mol. The first-order valence-electron chi connectivity index (χ1n) is 6.18. The van der Waals surface area contributed by atoms with E-state index in [0.717, 1.165) is 22.6 Å². The molecule has 18 heavy (non-hydrogen) atoms. The van der Waals surface area contributed by atoms with E-state index in [2.05, 4.69) is 13.8 Å². The second-order valence-corrected chi connectivity index (χ2v) is 6.80. The number of hydrogen-bond donors (Lipinski definition) is 1. The molecule has 0 aliphatic carbocycles. The largest absolute Gasteiger partial charge is 0.493 e. The van der Waals surface area contributed by atoms with Crippen molar-refractivity contribution in [3.8, 4) is 11.5 Å². The highest BCUT2D eigenvalue weighted by Gasteiger charge is 2.33. The van der Waals surface area contributed by atoms with Crippen LogP contribution < -0.4 is 9.47 Å². The Balaban J connectivity index is 2.46. The summed E-state index contributed by atoms with van der Waals surface area (Å²) in [4.78, 5) is 1.09. The minimum absolute atomic E-state index is 0.0461. The van der Waals surface area contributed by atoms with Crippen LogP contribution >= 0.6 is 11.8 Å². The molecule has 1 N–H and O–H groups in total. The highest BCUT2D eigenvalue weighted by molar-refractivity contribution is 8.00. The molecule has 1 unspecified atom stereocenters. The first-order chi connectivity index (χ1) is 8.46. The second-order valence-electron chi connectivity index (χ2n) is 5.06. The smallest absolute Gasteiger partial charge is 0.162 e. The third kappa shape index (κ3) is 2.59. The molecule has 0 aromatic heterocycles. The first kappa shape index (κ1) is 13.6. The number of fused-ring (bicyclic) bond motifs is 1. The summed E-state index contributed by atoms with van der Waals surface area (Å²) in [5.74, 6) is 1.44. The van der Waals surface area contributed by atoms with E-state index in [1.807, 2.05) is 19.1 Å². The van der Waals surface area contributed by atoms with Gasteiger partial charge in [-0.3, -0.25) is 0 Å². The number of ether oxygens (including phenoxy) is 2. The molecule has 0 saturated carbocycles. The molecule has 1 atom stereocenters. The van der Waals surface area contributed by atoms with E-state index in [-0.39, 0.29) is 4.75 Å². The predicted octanol–water partition coefficient (Wildman–Crippen LogP) is 3.40. The second kappa shape index (κ2) is 5.02. The molecule has 0 amide bonds. The van der Waals surface area contributed by atoms with Gasteiger partial charge in [-0.25, -0.2) is 0 Å². The lowest BCUT2D eigenvalue weighted by atomic mass is 9.97. The molecule has 1 aliphatic heterocycles. The summed E-state index contributed by atoms with van der Waals surface area (Å²) in [6.07, 6.45) is 0.322. The van der Waals surface area contributed by atoms with E-state index in [4.69, 9.17) is 9.47 Å². The van der Waals surface area contributed by atoms with Crippen LogP contribution in [0.15, 0.2) is 17.0 Å². The fraction of sp³-hybridized carbons (Fsp3) is 0.571. The highest BCUT2D eigenvalue weighted by Crippen LogP contribution is 2.50. The Kier molecular flexibility index (Phi) is 3.78. The van der Waals surface area contributed by atoms with Gasteiger partial charge in [-0.1, -0.05) is 13.8 Å². The van der Waals surface area contributed by atoms with Crippen LogP contribution in [0.25, 0.3) is 0 Å². The standard InChI is InChI=1S/C14H20O3S/c1-5-17-12-7-13-9(6-11(12)16-4)10(15)8-14(2,3)18-13/h6-7,10,15H,5,8H2,1-4H3. The maximum atomic E-state index is 10.2. The van der Waals surface area contributed by atoms with Gasteiger partial charge in [0.05, 0.1) is 19.8 Å². The van der Waals surface area contributed by atoms with Gasteiger partial charge in [0.25, 0.3) is 0 Å². The molecular formula is C14H20O3S. The van der Waals surface area contributed by atoms with Gasteiger partial charge < -0.3 is 14.6 Å². The molecule has 1 aromatic rings. The molecule has 4 heteroatoms. The van der Waals surface area contributed by atoms with E-state index in [9.17, 15) is 5.11 Å². The van der Waals surface area contributed by atoms with E-state index in [1.54, 1.807) is 18.9 Å². The number of thioether (sulfide) groups is 1. The number of benzene rings is 1. The van der Waals surface area contributed by atoms with E-state index < -0.39 is 6.10 Å². The summed E-state index contributed by atoms with van der Waals surface area (Å²) in [5, 5.41) is 10.2. The Labute approximate surface area is 112 Å². The van der Waals surface area contributed by atoms with Gasteiger partial charge in [-0.2, -0.15) is 0 Å². The van der Waals surface area contributed by atoms with Crippen molar-refractivity contribution in [1.82, 2.24) is 0 Å². The summed E-state index contributed by atoms with van der Waals surface area (Å²) < 4.78 is 10.9. The lowest BCUT2D eigenvalue weighted by Crippen LogP contribution is -2.24. The van der Waals surface area contributed by atoms with Crippen LogP contribution in [0.3, 0.4) is 0 Å². The van der Waals surface area contributed by atoms with E-state index >= 15 is 0 Å². The molecule has 0 fully saturated rings. The number of rotatable bonds is 3. The Morgan fingerprint density at radius 3 is 2.72 bits per heavy atom. The maximum absolute atomic E-state index is 10.2. The fourth-order valence-corrected chi connectivity index (χ4v) is 3.56. The summed E-state index contributed by atoms with van der Waals surface area (Å²) in [6.45, 7) is 6.85. The molecule has 0 bridgehead atoms. The van der Waals surface area contributed by atoms with Crippen LogP contribution in [0.2, 0.25) is 0 Å². The third-order valence-corrected chi connectivity index (χ3v) is 4.32. The normalized spacial score (nSPS) is 21.3. The van der Waals surface area contributed by atoms with Crippen molar-refractivity contribution in [3.63, 3.8) is 0 Å². The number of hydrogen-bond acceptors (Lipinski definition) is 4. The topological polar surface area (TPSA) is 38.7 Å². The fourth-order valence-electron chi connectivity index (χ4n) is 2.25. The Bertz CT molecular complexity index is 443. The van der Waals surface area contributed by atoms with Crippen LogP contribution in [0.1, 0.15) is 38.9 Å². The van der Waals surface area contributed by atoms with Crippen LogP contribution in [-0.4, -0.2) is 23.6 Å². The molecule has 1 heterocycles. The van der Waals surface area contributed by atoms with Gasteiger partial charge >= 0.3 is 0 Å². The highest BCUT2D eigenvalue weighted by atomic mass is 32.2. The molecule has 0 saturated heterocycles. The number of aliphatic hydroxyl groups is 1. The van der Waals surface area contributed by atoms with Crippen molar-refractivity contribution >= 4 is 11.8 Å². The SMILES string of the molecule is CCOc1cc2c(cc1OC)C(O)CC(C)(C)S2. The van der Waals surface area contributed by atoms with E-state index in [1.165, 1.54) is 0 Å². The molecule has 100 valence electrons. The van der Waals surface area contributed by atoms with E-state index in [0.29, 0.717) is 12.4 Å². The van der Waals surface area contributed by atoms with Crippen LogP contribution in [0.4, 0.5) is 0 Å². The number of methoxy groups -OCH3 is 1. The van der Waals surface area contributed by atoms with Gasteiger partial charge in [0.1, 0.15) is 0 Å². The molecule has 0 radical (unpaired) electrons. The first-order valence-corrected chi connectivity index (χ1v) is 7.00. The summed E-state index contributed by atoms with van der Waals surface area (Å²) in [5.41, 5.74) is 0.944. The zero-order chi connectivity index (χ0) is 13.3. The van der Waals surface area contributed by atoms with Crippen LogP contribution in [0.5, 0.6) is 11.5 Å². The Hall–Kier alpha value is -0.870. The third-order valence-electron chi connectivity index (χ3n) is 3.03. The minimum Gasteiger partial charge on any atom is -0.493 e. The zero-order valence-corrected chi connectivity index (χ0v) is 12.1. The van der Waals surface area contributed by atoms with Crippen molar-refractivity contribution in [3.05, 3.63) is 17.7 Å². The molecule has 1 aliphatic rings. The minimum atomic E-state index is -0.430. The van der Waals surface area contributed by atoms with Gasteiger partial charge in [-0.05, 0) is 31.0 Å².